The Morgan fingerprint density at radius 3 is 3.00 bits per heavy atom. The average Bonchev–Trinajstić information content (AvgIpc) is 2.52. The minimum atomic E-state index is -0.299. The van der Waals surface area contributed by atoms with Crippen molar-refractivity contribution in [2.45, 2.75) is 5.25 Å². The topological polar surface area (TPSA) is 46.6 Å². The van der Waals surface area contributed by atoms with Gasteiger partial charge < -0.3 is 9.64 Å². The number of benzene rings is 1. The van der Waals surface area contributed by atoms with Gasteiger partial charge in [-0.3, -0.25) is 9.59 Å². The molecule has 21 heavy (non-hydrogen) atoms. The summed E-state index contributed by atoms with van der Waals surface area (Å²) in [6.07, 6.45) is 3.24. The summed E-state index contributed by atoms with van der Waals surface area (Å²) in [7, 11) is 1.36. The van der Waals surface area contributed by atoms with Gasteiger partial charge in [-0.1, -0.05) is 23.7 Å². The van der Waals surface area contributed by atoms with Crippen molar-refractivity contribution in [3.63, 3.8) is 0 Å². The highest BCUT2D eigenvalue weighted by atomic mass is 35.5. The lowest BCUT2D eigenvalue weighted by molar-refractivity contribution is -0.140. The van der Waals surface area contributed by atoms with E-state index >= 15 is 0 Å². The predicted molar refractivity (Wildman–Crippen MR) is 85.3 cm³/mol. The Kier molecular flexibility index (Phi) is 5.70. The molecule has 2 rings (SSSR count). The average molecular weight is 326 g/mol. The fourth-order valence-electron chi connectivity index (χ4n) is 2.01. The number of nitrogens with zero attached hydrogens (tertiary/aromatic N) is 1. The Balaban J connectivity index is 1.98. The van der Waals surface area contributed by atoms with E-state index in [0.29, 0.717) is 18.1 Å². The molecule has 1 aromatic rings. The van der Waals surface area contributed by atoms with Crippen molar-refractivity contribution in [2.75, 3.05) is 26.0 Å². The predicted octanol–water partition coefficient (Wildman–Crippen LogP) is 2.47. The number of halogens is 1. The second-order valence-corrected chi connectivity index (χ2v) is 6.30. The van der Waals surface area contributed by atoms with E-state index < -0.39 is 0 Å². The standard InChI is InChI=1S/C15H16ClNO3S/c1-20-15(19)13-10-17(7-8-21-13)14(18)6-5-11-3-2-4-12(16)9-11/h2-6,9,13H,7-8,10H2,1H3/b6-5+/t13-/m1/s1. The zero-order valence-corrected chi connectivity index (χ0v) is 13.2. The van der Waals surface area contributed by atoms with Crippen LogP contribution in [0.5, 0.6) is 0 Å². The first-order chi connectivity index (χ1) is 10.1. The fourth-order valence-corrected chi connectivity index (χ4v) is 3.33. The molecule has 1 amide bonds. The van der Waals surface area contributed by atoms with Crippen LogP contribution in [0, 0.1) is 0 Å². The molecule has 0 radical (unpaired) electrons. The van der Waals surface area contributed by atoms with Crippen molar-refractivity contribution < 1.29 is 14.3 Å². The van der Waals surface area contributed by atoms with E-state index in [-0.39, 0.29) is 17.1 Å². The molecule has 1 fully saturated rings. The van der Waals surface area contributed by atoms with Gasteiger partial charge in [-0.15, -0.1) is 11.8 Å². The first-order valence-electron chi connectivity index (χ1n) is 6.52. The normalized spacial score (nSPS) is 18.8. The number of methoxy groups -OCH3 is 1. The lowest BCUT2D eigenvalue weighted by Crippen LogP contribution is -2.44. The van der Waals surface area contributed by atoms with E-state index in [1.165, 1.54) is 24.9 Å². The van der Waals surface area contributed by atoms with Crippen LogP contribution in [0.2, 0.25) is 5.02 Å². The highest BCUT2D eigenvalue weighted by Crippen LogP contribution is 2.20. The third-order valence-electron chi connectivity index (χ3n) is 3.11. The molecule has 1 aliphatic rings. The van der Waals surface area contributed by atoms with Crippen LogP contribution in [0.1, 0.15) is 5.56 Å². The van der Waals surface area contributed by atoms with Gasteiger partial charge >= 0.3 is 5.97 Å². The Labute approximate surface area is 133 Å². The lowest BCUT2D eigenvalue weighted by atomic mass is 10.2. The van der Waals surface area contributed by atoms with Crippen LogP contribution in [-0.2, 0) is 14.3 Å². The number of esters is 1. The number of ether oxygens (including phenoxy) is 1. The molecule has 0 spiro atoms. The SMILES string of the molecule is COC(=O)[C@H]1CN(C(=O)/C=C/c2cccc(Cl)c2)CCS1. The Morgan fingerprint density at radius 1 is 1.48 bits per heavy atom. The first kappa shape index (κ1) is 15.9. The first-order valence-corrected chi connectivity index (χ1v) is 7.95. The van der Waals surface area contributed by atoms with Crippen LogP contribution in [0.25, 0.3) is 6.08 Å². The van der Waals surface area contributed by atoms with Crippen LogP contribution in [0.15, 0.2) is 30.3 Å². The molecule has 1 atom stereocenters. The maximum absolute atomic E-state index is 12.2. The molecular formula is C15H16ClNO3S. The Morgan fingerprint density at radius 2 is 2.29 bits per heavy atom. The quantitative estimate of drug-likeness (QED) is 0.632. The number of hydrogen-bond donors (Lipinski definition) is 0. The zero-order valence-electron chi connectivity index (χ0n) is 11.6. The van der Waals surface area contributed by atoms with E-state index in [0.717, 1.165) is 11.3 Å². The lowest BCUT2D eigenvalue weighted by Gasteiger charge is -2.30. The van der Waals surface area contributed by atoms with Gasteiger partial charge in [-0.25, -0.2) is 0 Å². The van der Waals surface area contributed by atoms with Crippen molar-refractivity contribution in [2.24, 2.45) is 0 Å². The summed E-state index contributed by atoms with van der Waals surface area (Å²) in [5, 5.41) is 0.331. The maximum Gasteiger partial charge on any atom is 0.320 e. The van der Waals surface area contributed by atoms with Crippen molar-refractivity contribution in [3.05, 3.63) is 40.9 Å². The summed E-state index contributed by atoms with van der Waals surface area (Å²) in [6.45, 7) is 1.02. The molecule has 0 unspecified atom stereocenters. The van der Waals surface area contributed by atoms with Gasteiger partial charge in [0.15, 0.2) is 0 Å². The summed E-state index contributed by atoms with van der Waals surface area (Å²) in [5.41, 5.74) is 0.867. The molecule has 1 saturated heterocycles. The third-order valence-corrected chi connectivity index (χ3v) is 4.51. The van der Waals surface area contributed by atoms with E-state index in [2.05, 4.69) is 0 Å². The number of amides is 1. The minimum Gasteiger partial charge on any atom is -0.468 e. The molecular weight excluding hydrogens is 310 g/mol. The Hall–Kier alpha value is -1.46. The van der Waals surface area contributed by atoms with E-state index in [1.807, 2.05) is 12.1 Å². The minimum absolute atomic E-state index is 0.107. The van der Waals surface area contributed by atoms with Crippen molar-refractivity contribution >= 4 is 41.3 Å². The number of hydrogen-bond acceptors (Lipinski definition) is 4. The van der Waals surface area contributed by atoms with Crippen LogP contribution in [-0.4, -0.2) is 48.0 Å². The van der Waals surface area contributed by atoms with Crippen LogP contribution >= 0.6 is 23.4 Å². The molecule has 0 bridgehead atoms. The molecule has 6 heteroatoms. The summed E-state index contributed by atoms with van der Waals surface area (Å²) in [6, 6.07) is 7.27. The number of thioether (sulfide) groups is 1. The summed E-state index contributed by atoms with van der Waals surface area (Å²) < 4.78 is 4.73. The van der Waals surface area contributed by atoms with Crippen molar-refractivity contribution in [1.29, 1.82) is 0 Å². The highest BCUT2D eigenvalue weighted by molar-refractivity contribution is 8.00. The largest absolute Gasteiger partial charge is 0.468 e. The molecule has 0 N–H and O–H groups in total. The van der Waals surface area contributed by atoms with Gasteiger partial charge in [0.2, 0.25) is 5.91 Å². The van der Waals surface area contributed by atoms with Crippen molar-refractivity contribution in [3.8, 4) is 0 Å². The van der Waals surface area contributed by atoms with Crippen molar-refractivity contribution in [1.82, 2.24) is 4.90 Å². The number of carbonyl (C=O) groups is 2. The molecule has 0 saturated carbocycles. The zero-order chi connectivity index (χ0) is 15.2. The maximum atomic E-state index is 12.2. The second kappa shape index (κ2) is 7.52. The summed E-state index contributed by atoms with van der Waals surface area (Å²) in [4.78, 5) is 25.4. The van der Waals surface area contributed by atoms with Gasteiger partial charge in [0.25, 0.3) is 0 Å². The van der Waals surface area contributed by atoms with E-state index in [4.69, 9.17) is 16.3 Å². The molecule has 1 aromatic carbocycles. The van der Waals surface area contributed by atoms with Gasteiger partial charge in [-0.05, 0) is 23.8 Å². The second-order valence-electron chi connectivity index (χ2n) is 4.56. The van der Waals surface area contributed by atoms with Gasteiger partial charge in [-0.2, -0.15) is 0 Å². The van der Waals surface area contributed by atoms with Gasteiger partial charge in [0.05, 0.1) is 7.11 Å². The van der Waals surface area contributed by atoms with Crippen LogP contribution < -0.4 is 0 Å². The molecule has 0 aliphatic carbocycles. The summed E-state index contributed by atoms with van der Waals surface area (Å²) >= 11 is 7.42. The van der Waals surface area contributed by atoms with Gasteiger partial charge in [0, 0.05) is 29.9 Å². The number of carbonyl (C=O) groups excluding carboxylic acids is 2. The van der Waals surface area contributed by atoms with Gasteiger partial charge in [0.1, 0.15) is 5.25 Å². The highest BCUT2D eigenvalue weighted by Gasteiger charge is 2.28. The smallest absolute Gasteiger partial charge is 0.320 e. The fraction of sp³-hybridized carbons (Fsp3) is 0.333. The molecule has 1 heterocycles. The molecule has 1 aliphatic heterocycles. The van der Waals surface area contributed by atoms with Crippen LogP contribution in [0.4, 0.5) is 0 Å². The third kappa shape index (κ3) is 4.51. The summed E-state index contributed by atoms with van der Waals surface area (Å²) in [5.74, 6) is 0.344. The van der Waals surface area contributed by atoms with E-state index in [9.17, 15) is 9.59 Å². The molecule has 112 valence electrons. The monoisotopic (exact) mass is 325 g/mol. The van der Waals surface area contributed by atoms with E-state index in [1.54, 1.807) is 23.1 Å². The van der Waals surface area contributed by atoms with Crippen LogP contribution in [0.3, 0.4) is 0 Å². The Bertz CT molecular complexity index is 562. The molecule has 4 nitrogen and oxygen atoms in total. The number of rotatable bonds is 3. The molecule has 0 aromatic heterocycles.